The molecular weight excluding hydrogens is 258 g/mol. The van der Waals surface area contributed by atoms with Crippen molar-refractivity contribution in [2.24, 2.45) is 5.73 Å². The lowest BCUT2D eigenvalue weighted by atomic mass is 10.0. The maximum absolute atomic E-state index is 12.2. The summed E-state index contributed by atoms with van der Waals surface area (Å²) in [6.45, 7) is 0. The number of carbonyl (C=O) groups excluding carboxylic acids is 1. The number of nitrogens with two attached hydrogens (primary N) is 1. The molecular formula is C15H15NO2S. The van der Waals surface area contributed by atoms with Crippen molar-refractivity contribution < 1.29 is 9.53 Å². The Kier molecular flexibility index (Phi) is 3.36. The minimum atomic E-state index is -0.574. The van der Waals surface area contributed by atoms with Crippen LogP contribution in [0.4, 0.5) is 0 Å². The second-order valence-electron chi connectivity index (χ2n) is 4.70. The summed E-state index contributed by atoms with van der Waals surface area (Å²) < 4.78 is 5.65. The van der Waals surface area contributed by atoms with Crippen LogP contribution in [-0.2, 0) is 0 Å². The van der Waals surface area contributed by atoms with Crippen molar-refractivity contribution in [2.75, 3.05) is 0 Å². The molecule has 0 bridgehead atoms. The molecule has 1 aliphatic rings. The number of benzene rings is 1. The zero-order valence-electron chi connectivity index (χ0n) is 10.4. The van der Waals surface area contributed by atoms with Gasteiger partial charge in [-0.1, -0.05) is 6.07 Å². The predicted octanol–water partition coefficient (Wildman–Crippen LogP) is 3.17. The highest BCUT2D eigenvalue weighted by molar-refractivity contribution is 7.10. The lowest BCUT2D eigenvalue weighted by molar-refractivity contribution is 0.0962. The average Bonchev–Trinajstić information content (AvgIpc) is 3.08. The fraction of sp³-hybridized carbons (Fsp3) is 0.267. The van der Waals surface area contributed by atoms with Crippen molar-refractivity contribution >= 4 is 17.1 Å². The van der Waals surface area contributed by atoms with Crippen LogP contribution in [0, 0.1) is 0 Å². The zero-order chi connectivity index (χ0) is 13.2. The Morgan fingerprint density at radius 1 is 1.26 bits per heavy atom. The van der Waals surface area contributed by atoms with Gasteiger partial charge < -0.3 is 10.5 Å². The Labute approximate surface area is 116 Å². The molecule has 0 amide bonds. The maximum Gasteiger partial charge on any atom is 0.184 e. The van der Waals surface area contributed by atoms with Gasteiger partial charge >= 0.3 is 0 Å². The molecule has 1 heterocycles. The Bertz CT molecular complexity index is 558. The third-order valence-electron chi connectivity index (χ3n) is 3.10. The van der Waals surface area contributed by atoms with Gasteiger partial charge in [0.1, 0.15) is 11.8 Å². The highest BCUT2D eigenvalue weighted by Gasteiger charge is 2.24. The van der Waals surface area contributed by atoms with E-state index in [1.807, 2.05) is 29.6 Å². The van der Waals surface area contributed by atoms with E-state index in [4.69, 9.17) is 10.5 Å². The molecule has 1 atom stereocenters. The Morgan fingerprint density at radius 3 is 2.58 bits per heavy atom. The summed E-state index contributed by atoms with van der Waals surface area (Å²) in [5, 5.41) is 1.93. The molecule has 98 valence electrons. The molecule has 19 heavy (non-hydrogen) atoms. The molecule has 1 aromatic carbocycles. The largest absolute Gasteiger partial charge is 0.490 e. The molecule has 1 aliphatic carbocycles. The topological polar surface area (TPSA) is 52.3 Å². The molecule has 3 rings (SSSR count). The van der Waals surface area contributed by atoms with E-state index in [9.17, 15) is 4.79 Å². The number of hydrogen-bond acceptors (Lipinski definition) is 4. The van der Waals surface area contributed by atoms with Crippen LogP contribution in [0.5, 0.6) is 5.75 Å². The van der Waals surface area contributed by atoms with Crippen LogP contribution in [0.3, 0.4) is 0 Å². The predicted molar refractivity (Wildman–Crippen MR) is 75.7 cm³/mol. The van der Waals surface area contributed by atoms with Crippen LogP contribution >= 0.6 is 11.3 Å². The summed E-state index contributed by atoms with van der Waals surface area (Å²) in [4.78, 5) is 13.1. The number of ketones is 1. The van der Waals surface area contributed by atoms with Crippen LogP contribution in [0.1, 0.15) is 34.1 Å². The molecule has 1 saturated carbocycles. The van der Waals surface area contributed by atoms with Crippen molar-refractivity contribution in [3.63, 3.8) is 0 Å². The van der Waals surface area contributed by atoms with E-state index in [0.717, 1.165) is 23.5 Å². The minimum Gasteiger partial charge on any atom is -0.490 e. The first-order valence-corrected chi connectivity index (χ1v) is 7.22. The van der Waals surface area contributed by atoms with E-state index in [-0.39, 0.29) is 5.78 Å². The van der Waals surface area contributed by atoms with E-state index in [2.05, 4.69) is 0 Å². The Morgan fingerprint density at radius 2 is 2.00 bits per heavy atom. The minimum absolute atomic E-state index is 0.0552. The molecule has 1 aromatic heterocycles. The molecule has 2 aromatic rings. The molecule has 3 nitrogen and oxygen atoms in total. The smallest absolute Gasteiger partial charge is 0.184 e. The summed E-state index contributed by atoms with van der Waals surface area (Å²) in [6, 6.07) is 10.5. The summed E-state index contributed by atoms with van der Waals surface area (Å²) >= 11 is 1.50. The monoisotopic (exact) mass is 273 g/mol. The van der Waals surface area contributed by atoms with Crippen LogP contribution in [0.2, 0.25) is 0 Å². The number of ether oxygens (including phenoxy) is 1. The van der Waals surface area contributed by atoms with Crippen LogP contribution in [0.25, 0.3) is 0 Å². The van der Waals surface area contributed by atoms with Crippen LogP contribution in [0.15, 0.2) is 41.8 Å². The van der Waals surface area contributed by atoms with Gasteiger partial charge in [-0.15, -0.1) is 11.3 Å². The standard InChI is InChI=1S/C15H15NO2S/c16-14(13-2-1-9-19-13)15(17)10-3-5-11(6-4-10)18-12-7-8-12/h1-6,9,12,14H,7-8,16H2. The quantitative estimate of drug-likeness (QED) is 0.851. The van der Waals surface area contributed by atoms with Gasteiger partial charge in [0.15, 0.2) is 5.78 Å². The summed E-state index contributed by atoms with van der Waals surface area (Å²) in [7, 11) is 0. The first-order chi connectivity index (χ1) is 9.24. The molecule has 4 heteroatoms. The van der Waals surface area contributed by atoms with E-state index in [1.165, 1.54) is 11.3 Å². The number of carbonyl (C=O) groups is 1. The van der Waals surface area contributed by atoms with E-state index < -0.39 is 6.04 Å². The second kappa shape index (κ2) is 5.15. The van der Waals surface area contributed by atoms with Gasteiger partial charge in [-0.2, -0.15) is 0 Å². The average molecular weight is 273 g/mol. The lowest BCUT2D eigenvalue weighted by Gasteiger charge is -2.09. The molecule has 0 spiro atoms. The third-order valence-corrected chi connectivity index (χ3v) is 4.05. The van der Waals surface area contributed by atoms with Crippen molar-refractivity contribution in [3.05, 3.63) is 52.2 Å². The summed E-state index contributed by atoms with van der Waals surface area (Å²) in [6.07, 6.45) is 2.63. The second-order valence-corrected chi connectivity index (χ2v) is 5.68. The van der Waals surface area contributed by atoms with Crippen molar-refractivity contribution in [1.82, 2.24) is 0 Å². The zero-order valence-corrected chi connectivity index (χ0v) is 11.2. The van der Waals surface area contributed by atoms with Gasteiger partial charge in [-0.05, 0) is 48.6 Å². The number of rotatable bonds is 5. The van der Waals surface area contributed by atoms with Crippen molar-refractivity contribution in [1.29, 1.82) is 0 Å². The van der Waals surface area contributed by atoms with Gasteiger partial charge in [0.2, 0.25) is 0 Å². The normalized spacial score (nSPS) is 16.1. The first-order valence-electron chi connectivity index (χ1n) is 6.34. The summed E-state index contributed by atoms with van der Waals surface area (Å²) in [5.74, 6) is 0.768. The van der Waals surface area contributed by atoms with Gasteiger partial charge in [-0.3, -0.25) is 4.79 Å². The molecule has 1 unspecified atom stereocenters. The molecule has 1 fully saturated rings. The highest BCUT2D eigenvalue weighted by Crippen LogP contribution is 2.27. The summed E-state index contributed by atoms with van der Waals surface area (Å²) in [5.41, 5.74) is 6.60. The molecule has 0 saturated heterocycles. The number of Topliss-reactive ketones (excluding diaryl/α,β-unsaturated/α-hetero) is 1. The first kappa shape index (κ1) is 12.4. The Hall–Kier alpha value is -1.65. The number of thiophene rings is 1. The van der Waals surface area contributed by atoms with Crippen molar-refractivity contribution in [3.8, 4) is 5.75 Å². The molecule has 2 N–H and O–H groups in total. The fourth-order valence-corrected chi connectivity index (χ4v) is 2.58. The fourth-order valence-electron chi connectivity index (χ4n) is 1.85. The van der Waals surface area contributed by atoms with E-state index >= 15 is 0 Å². The van der Waals surface area contributed by atoms with Gasteiger partial charge in [0.05, 0.1) is 6.10 Å². The van der Waals surface area contributed by atoms with Crippen LogP contribution < -0.4 is 10.5 Å². The highest BCUT2D eigenvalue weighted by atomic mass is 32.1. The van der Waals surface area contributed by atoms with Crippen LogP contribution in [-0.4, -0.2) is 11.9 Å². The van der Waals surface area contributed by atoms with Gasteiger partial charge in [-0.25, -0.2) is 0 Å². The van der Waals surface area contributed by atoms with Gasteiger partial charge in [0.25, 0.3) is 0 Å². The van der Waals surface area contributed by atoms with E-state index in [1.54, 1.807) is 12.1 Å². The SMILES string of the molecule is NC(C(=O)c1ccc(OC2CC2)cc1)c1cccs1. The van der Waals surface area contributed by atoms with Gasteiger partial charge in [0, 0.05) is 10.4 Å². The number of hydrogen-bond donors (Lipinski definition) is 1. The Balaban J connectivity index is 1.72. The molecule has 0 radical (unpaired) electrons. The van der Waals surface area contributed by atoms with E-state index in [0.29, 0.717) is 11.7 Å². The molecule has 0 aliphatic heterocycles. The maximum atomic E-state index is 12.2. The lowest BCUT2D eigenvalue weighted by Crippen LogP contribution is -2.20. The van der Waals surface area contributed by atoms with Crippen molar-refractivity contribution in [2.45, 2.75) is 25.0 Å². The third kappa shape index (κ3) is 2.85.